The van der Waals surface area contributed by atoms with Crippen LogP contribution in [0, 0.1) is 10.8 Å². The molecule has 0 radical (unpaired) electrons. The van der Waals surface area contributed by atoms with Gasteiger partial charge in [-0.05, 0) is 76.7 Å². The summed E-state index contributed by atoms with van der Waals surface area (Å²) in [7, 11) is 1.61. The van der Waals surface area contributed by atoms with Crippen LogP contribution in [-0.4, -0.2) is 41.9 Å². The summed E-state index contributed by atoms with van der Waals surface area (Å²) in [6.45, 7) is 19.3. The largest absolute Gasteiger partial charge is 0.393 e. The number of methoxy groups -OCH3 is 1. The molecule has 0 unspecified atom stereocenters. The van der Waals surface area contributed by atoms with Gasteiger partial charge in [0.25, 0.3) is 0 Å². The van der Waals surface area contributed by atoms with Crippen molar-refractivity contribution in [2.24, 2.45) is 10.8 Å². The highest BCUT2D eigenvalue weighted by Gasteiger charge is 2.34. The average molecular weight is 615 g/mol. The average Bonchev–Trinajstić information content (AvgIpc) is 2.91. The second-order valence-corrected chi connectivity index (χ2v) is 14.2. The molecule has 0 saturated heterocycles. The number of allylic oxidation sites excluding steroid dienone is 17. The monoisotopic (exact) mass is 614 g/mol. The molecule has 2 N–H and O–H groups in total. The number of hydrogen-bond acceptors (Lipinski definition) is 4. The van der Waals surface area contributed by atoms with Gasteiger partial charge in [0, 0.05) is 19.1 Å². The van der Waals surface area contributed by atoms with Gasteiger partial charge in [-0.1, -0.05) is 134 Å². The Hall–Kier alpha value is -3.05. The van der Waals surface area contributed by atoms with Crippen molar-refractivity contribution in [1.29, 1.82) is 0 Å². The number of aliphatic hydroxyl groups is 2. The second-order valence-electron chi connectivity index (χ2n) is 14.2. The lowest BCUT2D eigenvalue weighted by Gasteiger charge is -2.37. The Kier molecular flexibility index (Phi) is 14.9. The molecule has 0 aromatic heterocycles. The summed E-state index contributed by atoms with van der Waals surface area (Å²) in [5.41, 5.74) is 8.71. The molecular weight excluding hydrogens is 556 g/mol. The van der Waals surface area contributed by atoms with Crippen LogP contribution in [-0.2, 0) is 9.53 Å². The van der Waals surface area contributed by atoms with Crippen LogP contribution in [0.15, 0.2) is 117 Å². The third kappa shape index (κ3) is 12.7. The molecule has 0 bridgehead atoms. The topological polar surface area (TPSA) is 66.8 Å². The minimum absolute atomic E-state index is 0.0127. The predicted octanol–water partition coefficient (Wildman–Crippen LogP) is 9.58. The molecule has 0 heterocycles. The van der Waals surface area contributed by atoms with Gasteiger partial charge in [0.2, 0.25) is 0 Å². The fraction of sp³-hybridized carbons (Fsp3) is 0.488. The molecule has 4 nitrogen and oxygen atoms in total. The third-order valence-corrected chi connectivity index (χ3v) is 8.81. The Balaban J connectivity index is 1.97. The maximum Gasteiger partial charge on any atom is 0.165 e. The standard InChI is InChI=1S/C41H58O4/c1-29(17-13-18-31(3)21-22-37-32(4)23-35(42)26-40(37,6)7)15-11-12-16-30(2)19-14-20-34(28-45-10)39(44)25-38-33(5)24-36(43)27-41(38,8)9/h11-22,35-36,42-43H,23-28H2,1-10H3/b12-11+,17-13+,19-14+,22-21+,29-15+,30-16+,31-18+,34-20+/t35-,36+/m0/s1. The second kappa shape index (κ2) is 17.6. The number of hydrogen-bond donors (Lipinski definition) is 2. The molecule has 0 aliphatic heterocycles. The predicted molar refractivity (Wildman–Crippen MR) is 191 cm³/mol. The van der Waals surface area contributed by atoms with E-state index in [0.29, 0.717) is 24.8 Å². The van der Waals surface area contributed by atoms with E-state index in [9.17, 15) is 15.0 Å². The van der Waals surface area contributed by atoms with Gasteiger partial charge in [0.15, 0.2) is 5.78 Å². The van der Waals surface area contributed by atoms with E-state index in [2.05, 4.69) is 84.9 Å². The summed E-state index contributed by atoms with van der Waals surface area (Å²) < 4.78 is 5.33. The molecule has 0 aromatic rings. The van der Waals surface area contributed by atoms with E-state index in [4.69, 9.17) is 4.74 Å². The summed E-state index contributed by atoms with van der Waals surface area (Å²) in [6.07, 6.45) is 27.2. The minimum Gasteiger partial charge on any atom is -0.393 e. The van der Waals surface area contributed by atoms with Crippen molar-refractivity contribution in [3.05, 3.63) is 117 Å². The van der Waals surface area contributed by atoms with Crippen LogP contribution in [0.25, 0.3) is 0 Å². The molecule has 2 aliphatic carbocycles. The lowest BCUT2D eigenvalue weighted by Crippen LogP contribution is -2.30. The molecule has 45 heavy (non-hydrogen) atoms. The lowest BCUT2D eigenvalue weighted by atomic mass is 9.70. The fourth-order valence-corrected chi connectivity index (χ4v) is 6.52. The van der Waals surface area contributed by atoms with E-state index in [0.717, 1.165) is 35.1 Å². The van der Waals surface area contributed by atoms with Gasteiger partial charge in [0.05, 0.1) is 18.8 Å². The van der Waals surface area contributed by atoms with Gasteiger partial charge in [-0.3, -0.25) is 4.79 Å². The van der Waals surface area contributed by atoms with Crippen molar-refractivity contribution in [3.8, 4) is 0 Å². The minimum atomic E-state index is -0.339. The van der Waals surface area contributed by atoms with E-state index < -0.39 is 0 Å². The maximum absolute atomic E-state index is 13.2. The first-order valence-corrected chi connectivity index (χ1v) is 16.3. The normalized spacial score (nSPS) is 23.9. The first-order valence-electron chi connectivity index (χ1n) is 16.3. The lowest BCUT2D eigenvalue weighted by molar-refractivity contribution is -0.115. The molecule has 246 valence electrons. The highest BCUT2D eigenvalue weighted by molar-refractivity contribution is 5.97. The zero-order valence-electron chi connectivity index (χ0n) is 29.5. The molecule has 0 aromatic carbocycles. The summed E-state index contributed by atoms with van der Waals surface area (Å²) in [4.78, 5) is 13.2. The molecule has 4 heteroatoms. The van der Waals surface area contributed by atoms with E-state index in [1.54, 1.807) is 7.11 Å². The Morgan fingerprint density at radius 1 is 0.756 bits per heavy atom. The van der Waals surface area contributed by atoms with E-state index in [1.807, 2.05) is 50.3 Å². The van der Waals surface area contributed by atoms with Crippen LogP contribution in [0.5, 0.6) is 0 Å². The maximum atomic E-state index is 13.2. The number of aliphatic hydroxyl groups excluding tert-OH is 2. The zero-order valence-corrected chi connectivity index (χ0v) is 29.5. The van der Waals surface area contributed by atoms with Crippen LogP contribution in [0.1, 0.15) is 94.4 Å². The molecule has 0 saturated carbocycles. The van der Waals surface area contributed by atoms with E-state index in [1.165, 1.54) is 16.7 Å². The van der Waals surface area contributed by atoms with Gasteiger partial charge in [0.1, 0.15) is 0 Å². The van der Waals surface area contributed by atoms with E-state index in [-0.39, 0.29) is 35.4 Å². The van der Waals surface area contributed by atoms with Crippen molar-refractivity contribution in [1.82, 2.24) is 0 Å². The van der Waals surface area contributed by atoms with Crippen molar-refractivity contribution >= 4 is 5.78 Å². The fourth-order valence-electron chi connectivity index (χ4n) is 6.52. The molecule has 2 atom stereocenters. The van der Waals surface area contributed by atoms with Gasteiger partial charge >= 0.3 is 0 Å². The number of rotatable bonds is 13. The smallest absolute Gasteiger partial charge is 0.165 e. The number of Topliss-reactive ketones (excluding diaryl/α,β-unsaturated/α-hetero) is 1. The molecule has 0 fully saturated rings. The summed E-state index contributed by atoms with van der Waals surface area (Å²) in [5.74, 6) is 0.0676. The third-order valence-electron chi connectivity index (χ3n) is 8.81. The van der Waals surface area contributed by atoms with Crippen LogP contribution >= 0.6 is 0 Å². The molecule has 0 spiro atoms. The first-order chi connectivity index (χ1) is 21.1. The van der Waals surface area contributed by atoms with Crippen molar-refractivity contribution in [3.63, 3.8) is 0 Å². The number of ether oxygens (including phenoxy) is 1. The Labute approximate surface area is 273 Å². The first kappa shape index (κ1) is 38.1. The van der Waals surface area contributed by atoms with Crippen LogP contribution in [0.4, 0.5) is 0 Å². The van der Waals surface area contributed by atoms with Gasteiger partial charge in [-0.2, -0.15) is 0 Å². The SMILES string of the molecule is COC\C(=C/C=C/C(C)=C/C=C/C=C(C)/C=C/C=C(C)/C=C/C1=C(C)C[C@H](O)CC1(C)C)C(=O)CC1=C(C)C[C@@H](O)CC1(C)C. The van der Waals surface area contributed by atoms with Gasteiger partial charge < -0.3 is 14.9 Å². The van der Waals surface area contributed by atoms with Crippen molar-refractivity contribution < 1.29 is 19.7 Å². The number of ketones is 1. The molecule has 2 rings (SSSR count). The van der Waals surface area contributed by atoms with Crippen LogP contribution in [0.3, 0.4) is 0 Å². The highest BCUT2D eigenvalue weighted by Crippen LogP contribution is 2.43. The van der Waals surface area contributed by atoms with Crippen molar-refractivity contribution in [2.75, 3.05) is 13.7 Å². The Morgan fingerprint density at radius 2 is 1.24 bits per heavy atom. The van der Waals surface area contributed by atoms with Crippen molar-refractivity contribution in [2.45, 2.75) is 107 Å². The van der Waals surface area contributed by atoms with E-state index >= 15 is 0 Å². The Morgan fingerprint density at radius 3 is 1.78 bits per heavy atom. The summed E-state index contributed by atoms with van der Waals surface area (Å²) >= 11 is 0. The van der Waals surface area contributed by atoms with Crippen LogP contribution in [0.2, 0.25) is 0 Å². The van der Waals surface area contributed by atoms with Crippen LogP contribution < -0.4 is 0 Å². The highest BCUT2D eigenvalue weighted by atomic mass is 16.5. The molecular formula is C41H58O4. The molecule has 0 amide bonds. The zero-order chi connectivity index (χ0) is 33.8. The number of carbonyl (C=O) groups is 1. The number of carbonyl (C=O) groups excluding carboxylic acids is 1. The van der Waals surface area contributed by atoms with Gasteiger partial charge in [-0.15, -0.1) is 0 Å². The Bertz CT molecular complexity index is 1360. The summed E-state index contributed by atoms with van der Waals surface area (Å²) in [6, 6.07) is 0. The summed E-state index contributed by atoms with van der Waals surface area (Å²) in [5, 5.41) is 20.3. The van der Waals surface area contributed by atoms with Gasteiger partial charge in [-0.25, -0.2) is 0 Å². The quantitative estimate of drug-likeness (QED) is 0.123. The molecule has 2 aliphatic rings.